The van der Waals surface area contributed by atoms with Gasteiger partial charge in [0.1, 0.15) is 18.2 Å². The van der Waals surface area contributed by atoms with Crippen LogP contribution in [-0.2, 0) is 6.61 Å². The molecule has 4 nitrogen and oxygen atoms in total. The topological polar surface area (TPSA) is 52.9 Å². The summed E-state index contributed by atoms with van der Waals surface area (Å²) >= 11 is 0. The number of nitrogens with zero attached hydrogens (tertiary/aromatic N) is 1. The van der Waals surface area contributed by atoms with Crippen LogP contribution in [0, 0.1) is 5.82 Å². The Labute approximate surface area is 123 Å². The predicted octanol–water partition coefficient (Wildman–Crippen LogP) is 1.15. The van der Waals surface area contributed by atoms with Crippen LogP contribution in [0.2, 0.25) is 0 Å². The van der Waals surface area contributed by atoms with Crippen molar-refractivity contribution in [3.63, 3.8) is 0 Å². The van der Waals surface area contributed by atoms with Crippen LogP contribution in [-0.4, -0.2) is 31.3 Å². The molecule has 110 valence electrons. The van der Waals surface area contributed by atoms with Gasteiger partial charge >= 0.3 is 7.12 Å². The van der Waals surface area contributed by atoms with Gasteiger partial charge < -0.3 is 19.7 Å². The Balaban J connectivity index is 2.08. The first-order valence-corrected chi connectivity index (χ1v) is 6.52. The molecule has 2 N–H and O–H groups in total. The molecule has 0 aliphatic carbocycles. The van der Waals surface area contributed by atoms with Gasteiger partial charge in [-0.25, -0.2) is 4.39 Å². The highest BCUT2D eigenvalue weighted by molar-refractivity contribution is 6.58. The Morgan fingerprint density at radius 2 is 1.90 bits per heavy atom. The quantitative estimate of drug-likeness (QED) is 0.811. The molecule has 0 atom stereocenters. The normalized spacial score (nSPS) is 10.3. The zero-order chi connectivity index (χ0) is 15.4. The van der Waals surface area contributed by atoms with Crippen LogP contribution in [0.4, 0.5) is 10.1 Å². The summed E-state index contributed by atoms with van der Waals surface area (Å²) in [7, 11) is 2.18. The highest BCUT2D eigenvalue weighted by Crippen LogP contribution is 2.20. The second-order valence-electron chi connectivity index (χ2n) is 4.90. The number of anilines is 1. The van der Waals surface area contributed by atoms with Gasteiger partial charge in [-0.3, -0.25) is 0 Å². The molecule has 0 saturated heterocycles. The van der Waals surface area contributed by atoms with Gasteiger partial charge in [-0.2, -0.15) is 0 Å². The molecule has 2 aromatic carbocycles. The van der Waals surface area contributed by atoms with Crippen molar-refractivity contribution in [2.24, 2.45) is 0 Å². The number of rotatable bonds is 5. The summed E-state index contributed by atoms with van der Waals surface area (Å²) < 4.78 is 19.4. The number of hydrogen-bond donors (Lipinski definition) is 2. The Morgan fingerprint density at radius 1 is 1.14 bits per heavy atom. The fraction of sp³-hybridized carbons (Fsp3) is 0.200. The van der Waals surface area contributed by atoms with E-state index in [1.54, 1.807) is 6.07 Å². The second kappa shape index (κ2) is 6.60. The van der Waals surface area contributed by atoms with Crippen LogP contribution in [0.3, 0.4) is 0 Å². The first-order valence-electron chi connectivity index (χ1n) is 6.52. The van der Waals surface area contributed by atoms with Gasteiger partial charge in [-0.05, 0) is 23.7 Å². The van der Waals surface area contributed by atoms with Crippen molar-refractivity contribution < 1.29 is 19.2 Å². The zero-order valence-corrected chi connectivity index (χ0v) is 12.0. The summed E-state index contributed by atoms with van der Waals surface area (Å²) in [5.41, 5.74) is 1.47. The van der Waals surface area contributed by atoms with Crippen LogP contribution < -0.4 is 15.1 Å². The molecular weight excluding hydrogens is 272 g/mol. The third-order valence-electron chi connectivity index (χ3n) is 3.10. The minimum atomic E-state index is -1.67. The van der Waals surface area contributed by atoms with Crippen LogP contribution in [0.5, 0.6) is 5.75 Å². The Hall–Kier alpha value is -2.05. The lowest BCUT2D eigenvalue weighted by Gasteiger charge is -2.14. The standard InChI is InChI=1S/C15H17BFNO3/c1-18(2)13-4-3-5-14(9-13)21-10-11-6-7-12(16(19)20)8-15(11)17/h3-9,19-20H,10H2,1-2H3. The zero-order valence-electron chi connectivity index (χ0n) is 12.0. The summed E-state index contributed by atoms with van der Waals surface area (Å²) in [6, 6.07) is 11.5. The molecule has 0 fully saturated rings. The Morgan fingerprint density at radius 3 is 2.52 bits per heavy atom. The van der Waals surface area contributed by atoms with Crippen molar-refractivity contribution in [2.45, 2.75) is 6.61 Å². The van der Waals surface area contributed by atoms with E-state index in [2.05, 4.69) is 0 Å². The molecule has 2 aromatic rings. The van der Waals surface area contributed by atoms with E-state index >= 15 is 0 Å². The summed E-state index contributed by atoms with van der Waals surface area (Å²) in [5.74, 6) is 0.122. The van der Waals surface area contributed by atoms with Crippen molar-refractivity contribution in [3.8, 4) is 5.75 Å². The first-order chi connectivity index (χ1) is 9.97. The van der Waals surface area contributed by atoms with Crippen molar-refractivity contribution in [2.75, 3.05) is 19.0 Å². The maximum atomic E-state index is 13.8. The number of benzene rings is 2. The number of ether oxygens (including phenoxy) is 1. The fourth-order valence-corrected chi connectivity index (χ4v) is 1.85. The van der Waals surface area contributed by atoms with E-state index in [1.807, 2.05) is 37.2 Å². The van der Waals surface area contributed by atoms with Gasteiger partial charge in [0.05, 0.1) is 0 Å². The van der Waals surface area contributed by atoms with Crippen molar-refractivity contribution in [3.05, 3.63) is 53.8 Å². The summed E-state index contributed by atoms with van der Waals surface area (Å²) in [5, 5.41) is 18.0. The van der Waals surface area contributed by atoms with Gasteiger partial charge in [-0.15, -0.1) is 0 Å². The predicted molar refractivity (Wildman–Crippen MR) is 81.3 cm³/mol. The monoisotopic (exact) mass is 289 g/mol. The molecule has 0 aliphatic heterocycles. The third-order valence-corrected chi connectivity index (χ3v) is 3.10. The highest BCUT2D eigenvalue weighted by Gasteiger charge is 2.13. The smallest absolute Gasteiger partial charge is 0.488 e. The molecule has 6 heteroatoms. The lowest BCUT2D eigenvalue weighted by molar-refractivity contribution is 0.300. The second-order valence-corrected chi connectivity index (χ2v) is 4.90. The average Bonchev–Trinajstić information content (AvgIpc) is 2.46. The minimum Gasteiger partial charge on any atom is -0.489 e. The van der Waals surface area contributed by atoms with Gasteiger partial charge in [0.25, 0.3) is 0 Å². The van der Waals surface area contributed by atoms with E-state index in [-0.39, 0.29) is 12.1 Å². The van der Waals surface area contributed by atoms with E-state index in [0.717, 1.165) is 11.8 Å². The van der Waals surface area contributed by atoms with E-state index < -0.39 is 12.9 Å². The third kappa shape index (κ3) is 3.96. The maximum absolute atomic E-state index is 13.8. The summed E-state index contributed by atoms with van der Waals surface area (Å²) in [6.45, 7) is 0.0739. The molecule has 0 radical (unpaired) electrons. The van der Waals surface area contributed by atoms with E-state index in [9.17, 15) is 4.39 Å². The van der Waals surface area contributed by atoms with E-state index in [4.69, 9.17) is 14.8 Å². The Kier molecular flexibility index (Phi) is 4.83. The molecule has 0 saturated carbocycles. The summed E-state index contributed by atoms with van der Waals surface area (Å²) in [4.78, 5) is 1.95. The average molecular weight is 289 g/mol. The fourth-order valence-electron chi connectivity index (χ4n) is 1.85. The molecule has 0 bridgehead atoms. The molecule has 0 spiro atoms. The van der Waals surface area contributed by atoms with Crippen LogP contribution in [0.15, 0.2) is 42.5 Å². The molecular formula is C15H17BFNO3. The van der Waals surface area contributed by atoms with E-state index in [0.29, 0.717) is 11.3 Å². The van der Waals surface area contributed by atoms with Gasteiger partial charge in [0, 0.05) is 31.4 Å². The maximum Gasteiger partial charge on any atom is 0.488 e. The van der Waals surface area contributed by atoms with Crippen molar-refractivity contribution in [1.29, 1.82) is 0 Å². The Bertz CT molecular complexity index is 620. The SMILES string of the molecule is CN(C)c1cccc(OCc2ccc(B(O)O)cc2F)c1. The lowest BCUT2D eigenvalue weighted by Crippen LogP contribution is -2.30. The van der Waals surface area contributed by atoms with Gasteiger partial charge in [0.15, 0.2) is 0 Å². The summed E-state index contributed by atoms with van der Waals surface area (Å²) in [6.07, 6.45) is 0. The van der Waals surface area contributed by atoms with Crippen LogP contribution >= 0.6 is 0 Å². The van der Waals surface area contributed by atoms with Gasteiger partial charge in [-0.1, -0.05) is 18.2 Å². The molecule has 2 rings (SSSR count). The number of hydrogen-bond acceptors (Lipinski definition) is 4. The molecule has 0 heterocycles. The van der Waals surface area contributed by atoms with E-state index in [1.165, 1.54) is 12.1 Å². The molecule has 21 heavy (non-hydrogen) atoms. The number of halogens is 1. The highest BCUT2D eigenvalue weighted by atomic mass is 19.1. The van der Waals surface area contributed by atoms with Crippen molar-refractivity contribution >= 4 is 18.3 Å². The molecule has 0 unspecified atom stereocenters. The molecule has 0 amide bonds. The first kappa shape index (κ1) is 15.3. The van der Waals surface area contributed by atoms with Crippen LogP contribution in [0.25, 0.3) is 0 Å². The van der Waals surface area contributed by atoms with Crippen molar-refractivity contribution in [1.82, 2.24) is 0 Å². The molecule has 0 aliphatic rings. The lowest BCUT2D eigenvalue weighted by atomic mass is 9.80. The largest absolute Gasteiger partial charge is 0.489 e. The van der Waals surface area contributed by atoms with Crippen LogP contribution in [0.1, 0.15) is 5.56 Å². The molecule has 0 aromatic heterocycles. The minimum absolute atomic E-state index is 0.0739. The van der Waals surface area contributed by atoms with Gasteiger partial charge in [0.2, 0.25) is 0 Å².